The number of rotatable bonds is 1. The maximum absolute atomic E-state index is 12.0. The Kier molecular flexibility index (Phi) is 3.71. The Morgan fingerprint density at radius 2 is 1.83 bits per heavy atom. The van der Waals surface area contributed by atoms with E-state index < -0.39 is 11.4 Å². The number of carbonyl (C=O) groups excluding carboxylic acids is 1. The molecule has 0 bridgehead atoms. The molecule has 4 aliphatic carbocycles. The normalized spacial score (nSPS) is 45.2. The Bertz CT molecular complexity index is 619. The smallest absolute Gasteiger partial charge is 0.309 e. The van der Waals surface area contributed by atoms with E-state index in [1.54, 1.807) is 11.1 Å². The molecule has 0 aliphatic heterocycles. The Balaban J connectivity index is 1.72. The lowest BCUT2D eigenvalue weighted by atomic mass is 9.45. The number of carboxylic acids is 1. The number of hydrogen-bond acceptors (Lipinski definition) is 2. The van der Waals surface area contributed by atoms with Crippen LogP contribution in [0.3, 0.4) is 0 Å². The van der Waals surface area contributed by atoms with Gasteiger partial charge in [-0.15, -0.1) is 0 Å². The first-order valence-corrected chi connectivity index (χ1v) is 9.83. The van der Waals surface area contributed by atoms with Crippen LogP contribution >= 0.6 is 0 Å². The van der Waals surface area contributed by atoms with E-state index in [2.05, 4.69) is 6.92 Å². The summed E-state index contributed by atoms with van der Waals surface area (Å²) in [5.41, 5.74) is 2.83. The molecule has 4 aliphatic rings. The summed E-state index contributed by atoms with van der Waals surface area (Å²) in [7, 11) is 0. The van der Waals surface area contributed by atoms with Crippen LogP contribution in [-0.4, -0.2) is 16.9 Å². The standard InChI is InChI=1S/C21H30O3/c1-20-10-3-11-21(2,19(23)24)18(20)9-7-16-15-6-5-14(22)12-13(15)4-8-17(16)20/h13,17-18H,3-12H2,1-2H3,(H,23,24). The summed E-state index contributed by atoms with van der Waals surface area (Å²) in [5.74, 6) is 1.22. The first kappa shape index (κ1) is 16.4. The van der Waals surface area contributed by atoms with Gasteiger partial charge in [0.2, 0.25) is 0 Å². The van der Waals surface area contributed by atoms with Gasteiger partial charge < -0.3 is 5.11 Å². The van der Waals surface area contributed by atoms with Crippen molar-refractivity contribution in [2.75, 3.05) is 0 Å². The summed E-state index contributed by atoms with van der Waals surface area (Å²) < 4.78 is 0. The van der Waals surface area contributed by atoms with Crippen LogP contribution in [0.5, 0.6) is 0 Å². The van der Waals surface area contributed by atoms with Crippen molar-refractivity contribution in [1.82, 2.24) is 0 Å². The molecule has 0 saturated heterocycles. The fourth-order valence-electron chi connectivity index (χ4n) is 7.04. The number of carbonyl (C=O) groups is 2. The number of Topliss-reactive ketones (excluding diaryl/α,β-unsaturated/α-hetero) is 1. The van der Waals surface area contributed by atoms with Crippen molar-refractivity contribution in [3.8, 4) is 0 Å². The van der Waals surface area contributed by atoms with E-state index in [0.29, 0.717) is 23.5 Å². The van der Waals surface area contributed by atoms with Crippen LogP contribution < -0.4 is 0 Å². The van der Waals surface area contributed by atoms with E-state index in [-0.39, 0.29) is 5.41 Å². The zero-order valence-electron chi connectivity index (χ0n) is 15.1. The highest BCUT2D eigenvalue weighted by Gasteiger charge is 2.58. The number of fused-ring (bicyclic) bond motifs is 4. The van der Waals surface area contributed by atoms with Crippen LogP contribution in [0.15, 0.2) is 11.1 Å². The lowest BCUT2D eigenvalue weighted by Crippen LogP contribution is -2.54. The van der Waals surface area contributed by atoms with Crippen LogP contribution in [0.2, 0.25) is 0 Å². The average Bonchev–Trinajstić information content (AvgIpc) is 2.53. The molecule has 5 unspecified atom stereocenters. The molecule has 0 aromatic carbocycles. The van der Waals surface area contributed by atoms with Crippen LogP contribution in [0.25, 0.3) is 0 Å². The predicted molar refractivity (Wildman–Crippen MR) is 92.5 cm³/mol. The molecule has 1 N–H and O–H groups in total. The number of hydrogen-bond donors (Lipinski definition) is 1. The molecule has 0 heterocycles. The molecule has 4 rings (SSSR count). The largest absolute Gasteiger partial charge is 0.481 e. The molecule has 3 heteroatoms. The summed E-state index contributed by atoms with van der Waals surface area (Å²) in [5, 5.41) is 9.91. The van der Waals surface area contributed by atoms with Gasteiger partial charge in [-0.05, 0) is 75.0 Å². The van der Waals surface area contributed by atoms with Crippen molar-refractivity contribution in [3.63, 3.8) is 0 Å². The minimum Gasteiger partial charge on any atom is -0.481 e. The van der Waals surface area contributed by atoms with E-state index in [4.69, 9.17) is 0 Å². The predicted octanol–water partition coefficient (Wildman–Crippen LogP) is 4.75. The van der Waals surface area contributed by atoms with Crippen LogP contribution in [0.1, 0.15) is 78.1 Å². The molecule has 0 radical (unpaired) electrons. The number of aliphatic carboxylic acids is 1. The van der Waals surface area contributed by atoms with Gasteiger partial charge in [0.15, 0.2) is 0 Å². The molecule has 0 spiro atoms. The topological polar surface area (TPSA) is 54.4 Å². The zero-order valence-corrected chi connectivity index (χ0v) is 15.1. The van der Waals surface area contributed by atoms with Gasteiger partial charge in [-0.25, -0.2) is 0 Å². The fraction of sp³-hybridized carbons (Fsp3) is 0.810. The summed E-state index contributed by atoms with van der Waals surface area (Å²) in [6, 6.07) is 0. The lowest BCUT2D eigenvalue weighted by molar-refractivity contribution is -0.164. The molecule has 3 saturated carbocycles. The second kappa shape index (κ2) is 5.44. The van der Waals surface area contributed by atoms with Gasteiger partial charge >= 0.3 is 5.97 Å². The minimum absolute atomic E-state index is 0.137. The fourth-order valence-corrected chi connectivity index (χ4v) is 7.04. The Hall–Kier alpha value is -1.12. The quantitative estimate of drug-likeness (QED) is 0.706. The lowest BCUT2D eigenvalue weighted by Gasteiger charge is -2.59. The zero-order chi connectivity index (χ0) is 17.1. The van der Waals surface area contributed by atoms with E-state index in [0.717, 1.165) is 51.4 Å². The van der Waals surface area contributed by atoms with Gasteiger partial charge in [0, 0.05) is 12.8 Å². The molecule has 0 amide bonds. The molecule has 5 atom stereocenters. The van der Waals surface area contributed by atoms with Crippen LogP contribution in [0, 0.1) is 28.6 Å². The molecule has 0 aromatic rings. The molecule has 3 nitrogen and oxygen atoms in total. The number of ketones is 1. The van der Waals surface area contributed by atoms with Gasteiger partial charge in [-0.3, -0.25) is 9.59 Å². The van der Waals surface area contributed by atoms with Crippen LogP contribution in [0.4, 0.5) is 0 Å². The minimum atomic E-state index is -0.591. The molecular weight excluding hydrogens is 300 g/mol. The van der Waals surface area contributed by atoms with Crippen molar-refractivity contribution in [2.45, 2.75) is 78.1 Å². The highest BCUT2D eigenvalue weighted by atomic mass is 16.4. The average molecular weight is 330 g/mol. The third kappa shape index (κ3) is 2.16. The third-order valence-electron chi connectivity index (χ3n) is 8.24. The molecule has 24 heavy (non-hydrogen) atoms. The van der Waals surface area contributed by atoms with E-state index in [1.165, 1.54) is 12.8 Å². The first-order chi connectivity index (χ1) is 11.4. The highest BCUT2D eigenvalue weighted by Crippen LogP contribution is 2.64. The van der Waals surface area contributed by atoms with Gasteiger partial charge in [0.1, 0.15) is 5.78 Å². The summed E-state index contributed by atoms with van der Waals surface area (Å²) in [6.45, 7) is 4.39. The number of carboxylic acid groups (broad SMARTS) is 1. The Morgan fingerprint density at radius 3 is 2.58 bits per heavy atom. The van der Waals surface area contributed by atoms with Crippen molar-refractivity contribution in [3.05, 3.63) is 11.1 Å². The maximum atomic E-state index is 12.0. The molecular formula is C21H30O3. The monoisotopic (exact) mass is 330 g/mol. The third-order valence-corrected chi connectivity index (χ3v) is 8.24. The Morgan fingerprint density at radius 1 is 1.04 bits per heavy atom. The molecule has 132 valence electrons. The van der Waals surface area contributed by atoms with E-state index >= 15 is 0 Å². The first-order valence-electron chi connectivity index (χ1n) is 9.83. The van der Waals surface area contributed by atoms with Crippen molar-refractivity contribution < 1.29 is 14.7 Å². The van der Waals surface area contributed by atoms with E-state index in [9.17, 15) is 14.7 Å². The number of allylic oxidation sites excluding steroid dienone is 2. The SMILES string of the molecule is CC1(C(=O)O)CCCC2(C)C3CCC4CC(=O)CCC4=C3CCC12. The summed E-state index contributed by atoms with van der Waals surface area (Å²) in [6.07, 6.45) is 9.92. The van der Waals surface area contributed by atoms with Crippen LogP contribution in [-0.2, 0) is 9.59 Å². The van der Waals surface area contributed by atoms with Gasteiger partial charge in [0.25, 0.3) is 0 Å². The maximum Gasteiger partial charge on any atom is 0.309 e. The second-order valence-electron chi connectivity index (χ2n) is 9.29. The van der Waals surface area contributed by atoms with Gasteiger partial charge in [0.05, 0.1) is 5.41 Å². The summed E-state index contributed by atoms with van der Waals surface area (Å²) in [4.78, 5) is 23.9. The van der Waals surface area contributed by atoms with Crippen molar-refractivity contribution in [1.29, 1.82) is 0 Å². The van der Waals surface area contributed by atoms with Gasteiger partial charge in [-0.2, -0.15) is 0 Å². The van der Waals surface area contributed by atoms with E-state index in [1.807, 2.05) is 6.92 Å². The summed E-state index contributed by atoms with van der Waals surface area (Å²) >= 11 is 0. The van der Waals surface area contributed by atoms with Crippen molar-refractivity contribution >= 4 is 11.8 Å². The highest BCUT2D eigenvalue weighted by molar-refractivity contribution is 5.80. The molecule has 0 aromatic heterocycles. The molecule has 3 fully saturated rings. The second-order valence-corrected chi connectivity index (χ2v) is 9.29. The van der Waals surface area contributed by atoms with Gasteiger partial charge in [-0.1, -0.05) is 24.5 Å². The van der Waals surface area contributed by atoms with Crippen molar-refractivity contribution in [2.24, 2.45) is 28.6 Å². The Labute approximate surface area is 144 Å².